The topological polar surface area (TPSA) is 87.3 Å². The second kappa shape index (κ2) is 4.20. The van der Waals surface area contributed by atoms with Crippen molar-refractivity contribution in [2.45, 2.75) is 0 Å². The van der Waals surface area contributed by atoms with Crippen LogP contribution in [0.5, 0.6) is 5.75 Å². The standard InChI is InChI=1S/C14H13N3O2/c1-18-9-3-5-13-12(7-9)17-14(19-13)10-6-8(15)2-4-11(10)16/h2-7H,15-16H2,1H3. The van der Waals surface area contributed by atoms with E-state index < -0.39 is 0 Å². The predicted octanol–water partition coefficient (Wildman–Crippen LogP) is 2.67. The van der Waals surface area contributed by atoms with Crippen molar-refractivity contribution in [3.05, 3.63) is 36.4 Å². The Balaban J connectivity index is 2.17. The van der Waals surface area contributed by atoms with Crippen LogP contribution in [-0.2, 0) is 0 Å². The normalized spacial score (nSPS) is 10.8. The first-order valence-electron chi connectivity index (χ1n) is 5.77. The van der Waals surface area contributed by atoms with Crippen LogP contribution < -0.4 is 16.2 Å². The SMILES string of the molecule is COc1ccc2oc(-c3cc(N)ccc3N)nc2c1. The summed E-state index contributed by atoms with van der Waals surface area (Å²) in [4.78, 5) is 4.41. The van der Waals surface area contributed by atoms with E-state index >= 15 is 0 Å². The summed E-state index contributed by atoms with van der Waals surface area (Å²) in [5, 5.41) is 0. The maximum atomic E-state index is 5.92. The van der Waals surface area contributed by atoms with E-state index in [9.17, 15) is 0 Å². The van der Waals surface area contributed by atoms with Gasteiger partial charge in [0, 0.05) is 17.4 Å². The van der Waals surface area contributed by atoms with Gasteiger partial charge in [-0.15, -0.1) is 0 Å². The molecule has 19 heavy (non-hydrogen) atoms. The lowest BCUT2D eigenvalue weighted by Crippen LogP contribution is -1.92. The molecule has 0 atom stereocenters. The number of fused-ring (bicyclic) bond motifs is 1. The van der Waals surface area contributed by atoms with Gasteiger partial charge in [0.15, 0.2) is 5.58 Å². The molecule has 96 valence electrons. The number of nitrogen functional groups attached to an aromatic ring is 2. The molecule has 0 radical (unpaired) electrons. The van der Waals surface area contributed by atoms with E-state index in [0.717, 1.165) is 11.3 Å². The highest BCUT2D eigenvalue weighted by molar-refractivity contribution is 5.81. The van der Waals surface area contributed by atoms with Crippen molar-refractivity contribution in [2.75, 3.05) is 18.6 Å². The van der Waals surface area contributed by atoms with Crippen LogP contribution in [-0.4, -0.2) is 12.1 Å². The molecule has 0 fully saturated rings. The third-order valence-electron chi connectivity index (χ3n) is 2.90. The Labute approximate surface area is 109 Å². The average Bonchev–Trinajstić information content (AvgIpc) is 2.83. The van der Waals surface area contributed by atoms with Crippen LogP contribution >= 0.6 is 0 Å². The van der Waals surface area contributed by atoms with Crippen molar-refractivity contribution in [2.24, 2.45) is 0 Å². The zero-order valence-corrected chi connectivity index (χ0v) is 10.4. The summed E-state index contributed by atoms with van der Waals surface area (Å²) >= 11 is 0. The molecule has 1 aromatic heterocycles. The molecule has 0 aliphatic carbocycles. The van der Waals surface area contributed by atoms with Gasteiger partial charge < -0.3 is 20.6 Å². The van der Waals surface area contributed by atoms with Gasteiger partial charge in [0.1, 0.15) is 11.3 Å². The fraction of sp³-hybridized carbons (Fsp3) is 0.0714. The molecular weight excluding hydrogens is 242 g/mol. The van der Waals surface area contributed by atoms with Gasteiger partial charge in [0.05, 0.1) is 12.7 Å². The summed E-state index contributed by atoms with van der Waals surface area (Å²) in [6.45, 7) is 0. The van der Waals surface area contributed by atoms with E-state index in [2.05, 4.69) is 4.98 Å². The minimum absolute atomic E-state index is 0.452. The van der Waals surface area contributed by atoms with Crippen LogP contribution in [0.4, 0.5) is 11.4 Å². The van der Waals surface area contributed by atoms with Gasteiger partial charge >= 0.3 is 0 Å². The minimum atomic E-state index is 0.452. The monoisotopic (exact) mass is 255 g/mol. The molecule has 5 nitrogen and oxygen atoms in total. The fourth-order valence-electron chi connectivity index (χ4n) is 1.91. The van der Waals surface area contributed by atoms with Crippen molar-refractivity contribution >= 4 is 22.5 Å². The number of benzene rings is 2. The highest BCUT2D eigenvalue weighted by atomic mass is 16.5. The van der Waals surface area contributed by atoms with Gasteiger partial charge in [-0.2, -0.15) is 0 Å². The van der Waals surface area contributed by atoms with Gasteiger partial charge in [-0.25, -0.2) is 4.98 Å². The van der Waals surface area contributed by atoms with E-state index in [1.165, 1.54) is 0 Å². The molecule has 4 N–H and O–H groups in total. The van der Waals surface area contributed by atoms with Crippen LogP contribution in [0.1, 0.15) is 0 Å². The number of anilines is 2. The summed E-state index contributed by atoms with van der Waals surface area (Å²) < 4.78 is 10.8. The molecule has 0 saturated carbocycles. The van der Waals surface area contributed by atoms with Gasteiger partial charge in [-0.3, -0.25) is 0 Å². The number of hydrogen-bond acceptors (Lipinski definition) is 5. The number of rotatable bonds is 2. The third kappa shape index (κ3) is 1.95. The first-order chi connectivity index (χ1) is 9.17. The van der Waals surface area contributed by atoms with Crippen molar-refractivity contribution in [3.8, 4) is 17.2 Å². The van der Waals surface area contributed by atoms with Crippen molar-refractivity contribution < 1.29 is 9.15 Å². The zero-order valence-electron chi connectivity index (χ0n) is 10.4. The smallest absolute Gasteiger partial charge is 0.229 e. The lowest BCUT2D eigenvalue weighted by atomic mass is 10.1. The van der Waals surface area contributed by atoms with Crippen LogP contribution in [0, 0.1) is 0 Å². The Hall–Kier alpha value is -2.69. The molecule has 3 aromatic rings. The number of methoxy groups -OCH3 is 1. The van der Waals surface area contributed by atoms with E-state index in [4.69, 9.17) is 20.6 Å². The van der Waals surface area contributed by atoms with Gasteiger partial charge in [-0.05, 0) is 30.3 Å². The van der Waals surface area contributed by atoms with Crippen molar-refractivity contribution in [3.63, 3.8) is 0 Å². The Bertz CT molecular complexity index is 750. The van der Waals surface area contributed by atoms with Crippen LogP contribution in [0.2, 0.25) is 0 Å². The van der Waals surface area contributed by atoms with Gasteiger partial charge in [-0.1, -0.05) is 0 Å². The number of oxazole rings is 1. The highest BCUT2D eigenvalue weighted by Gasteiger charge is 2.12. The fourth-order valence-corrected chi connectivity index (χ4v) is 1.91. The number of ether oxygens (including phenoxy) is 1. The maximum absolute atomic E-state index is 5.92. The van der Waals surface area contributed by atoms with E-state index in [1.807, 2.05) is 18.2 Å². The number of nitrogens with zero attached hydrogens (tertiary/aromatic N) is 1. The van der Waals surface area contributed by atoms with Crippen LogP contribution in [0.3, 0.4) is 0 Å². The van der Waals surface area contributed by atoms with Gasteiger partial charge in [0.25, 0.3) is 0 Å². The number of aromatic nitrogens is 1. The largest absolute Gasteiger partial charge is 0.497 e. The van der Waals surface area contributed by atoms with E-state index in [-0.39, 0.29) is 0 Å². The molecule has 0 amide bonds. The first-order valence-corrected chi connectivity index (χ1v) is 5.77. The summed E-state index contributed by atoms with van der Waals surface area (Å²) in [6, 6.07) is 10.7. The molecule has 0 spiro atoms. The summed E-state index contributed by atoms with van der Waals surface area (Å²) in [7, 11) is 1.61. The Morgan fingerprint density at radius 1 is 1.11 bits per heavy atom. The first kappa shape index (κ1) is 11.4. The number of hydrogen-bond donors (Lipinski definition) is 2. The second-order valence-electron chi connectivity index (χ2n) is 4.20. The molecule has 2 aromatic carbocycles. The maximum Gasteiger partial charge on any atom is 0.229 e. The lowest BCUT2D eigenvalue weighted by Gasteiger charge is -2.01. The molecule has 0 unspecified atom stereocenters. The molecule has 1 heterocycles. The van der Waals surface area contributed by atoms with E-state index in [1.54, 1.807) is 25.3 Å². The molecule has 3 rings (SSSR count). The van der Waals surface area contributed by atoms with Crippen molar-refractivity contribution in [1.82, 2.24) is 4.98 Å². The molecule has 0 aliphatic heterocycles. The van der Waals surface area contributed by atoms with E-state index in [0.29, 0.717) is 28.4 Å². The molecule has 0 aliphatic rings. The van der Waals surface area contributed by atoms with Crippen LogP contribution in [0.15, 0.2) is 40.8 Å². The average molecular weight is 255 g/mol. The molecule has 5 heteroatoms. The van der Waals surface area contributed by atoms with Gasteiger partial charge in [0.2, 0.25) is 5.89 Å². The minimum Gasteiger partial charge on any atom is -0.497 e. The highest BCUT2D eigenvalue weighted by Crippen LogP contribution is 2.31. The number of nitrogens with two attached hydrogens (primary N) is 2. The Kier molecular flexibility index (Phi) is 2.52. The van der Waals surface area contributed by atoms with Crippen molar-refractivity contribution in [1.29, 1.82) is 0 Å². The van der Waals surface area contributed by atoms with Crippen LogP contribution in [0.25, 0.3) is 22.6 Å². The quantitative estimate of drug-likeness (QED) is 0.687. The second-order valence-corrected chi connectivity index (χ2v) is 4.20. The Morgan fingerprint density at radius 2 is 1.95 bits per heavy atom. The third-order valence-corrected chi connectivity index (χ3v) is 2.90. The predicted molar refractivity (Wildman–Crippen MR) is 74.8 cm³/mol. The summed E-state index contributed by atoms with van der Waals surface area (Å²) in [5.74, 6) is 1.18. The molecule has 0 bridgehead atoms. The summed E-state index contributed by atoms with van der Waals surface area (Å²) in [6.07, 6.45) is 0. The lowest BCUT2D eigenvalue weighted by molar-refractivity contribution is 0.415. The molecule has 0 saturated heterocycles. The zero-order chi connectivity index (χ0) is 13.4. The Morgan fingerprint density at radius 3 is 2.74 bits per heavy atom. The summed E-state index contributed by atoms with van der Waals surface area (Å²) in [5.41, 5.74) is 15.0. The molecular formula is C14H13N3O2.